The van der Waals surface area contributed by atoms with Crippen molar-refractivity contribution in [3.63, 3.8) is 0 Å². The lowest BCUT2D eigenvalue weighted by Crippen LogP contribution is -2.57. The summed E-state index contributed by atoms with van der Waals surface area (Å²) in [7, 11) is 1.46. The van der Waals surface area contributed by atoms with Gasteiger partial charge in [0.2, 0.25) is 17.1 Å². The van der Waals surface area contributed by atoms with E-state index in [1.165, 1.54) is 31.4 Å². The number of rotatable bonds is 3. The Morgan fingerprint density at radius 3 is 2.26 bits per heavy atom. The minimum Gasteiger partial charge on any atom is -0.496 e. The first-order chi connectivity index (χ1) is 14.8. The highest BCUT2D eigenvalue weighted by atomic mass is 19.1. The van der Waals surface area contributed by atoms with Crippen LogP contribution in [0.15, 0.2) is 48.5 Å². The molecule has 2 bridgehead atoms. The lowest BCUT2D eigenvalue weighted by molar-refractivity contribution is -0.253. The van der Waals surface area contributed by atoms with Gasteiger partial charge in [0.1, 0.15) is 17.7 Å². The van der Waals surface area contributed by atoms with Gasteiger partial charge in [-0.1, -0.05) is 30.3 Å². The average Bonchev–Trinajstić information content (AvgIpc) is 2.96. The molecule has 31 heavy (non-hydrogen) atoms. The summed E-state index contributed by atoms with van der Waals surface area (Å²) in [6.45, 7) is 1.56. The first kappa shape index (κ1) is 20.3. The molecule has 7 nitrogen and oxygen atoms in total. The van der Waals surface area contributed by atoms with Crippen LogP contribution in [0.2, 0.25) is 0 Å². The van der Waals surface area contributed by atoms with Crippen LogP contribution in [-0.4, -0.2) is 18.8 Å². The number of ether oxygens (including phenoxy) is 3. The van der Waals surface area contributed by atoms with Crippen molar-refractivity contribution in [3.05, 3.63) is 65.5 Å². The Morgan fingerprint density at radius 2 is 1.68 bits per heavy atom. The number of halogens is 1. The third-order valence-corrected chi connectivity index (χ3v) is 6.14. The Balaban J connectivity index is 2.05. The van der Waals surface area contributed by atoms with E-state index in [2.05, 4.69) is 6.07 Å². The molecule has 0 amide bonds. The molecule has 2 aliphatic rings. The molecule has 0 aromatic heterocycles. The number of benzene rings is 2. The zero-order valence-corrected chi connectivity index (χ0v) is 16.7. The molecule has 2 fully saturated rings. The highest BCUT2D eigenvalue weighted by Crippen LogP contribution is 2.70. The van der Waals surface area contributed by atoms with Crippen LogP contribution < -0.4 is 4.74 Å². The van der Waals surface area contributed by atoms with Gasteiger partial charge < -0.3 is 14.2 Å². The molecule has 0 aliphatic carbocycles. The minimum absolute atomic E-state index is 0.326. The Morgan fingerprint density at radius 1 is 1.03 bits per heavy atom. The lowest BCUT2D eigenvalue weighted by Gasteiger charge is -2.49. The van der Waals surface area contributed by atoms with Crippen LogP contribution in [0.1, 0.15) is 30.1 Å². The number of hydrogen-bond donors (Lipinski definition) is 1. The van der Waals surface area contributed by atoms with E-state index >= 15 is 0 Å². The summed E-state index contributed by atoms with van der Waals surface area (Å²) in [6, 6.07) is 18.0. The zero-order chi connectivity index (χ0) is 22.4. The highest BCUT2D eigenvalue weighted by Gasteiger charge is 2.80. The fraction of sp³-hybridized carbons (Fsp3) is 0.304. The van der Waals surface area contributed by atoms with E-state index in [1.807, 2.05) is 12.1 Å². The Labute approximate surface area is 178 Å². The molecule has 4 rings (SSSR count). The maximum Gasteiger partial charge on any atom is 0.219 e. The van der Waals surface area contributed by atoms with E-state index < -0.39 is 40.4 Å². The number of nitrogens with zero attached hydrogens (tertiary/aromatic N) is 3. The van der Waals surface area contributed by atoms with E-state index in [9.17, 15) is 20.2 Å². The van der Waals surface area contributed by atoms with Gasteiger partial charge in [-0.15, -0.1) is 0 Å². The van der Waals surface area contributed by atoms with Gasteiger partial charge in [-0.3, -0.25) is 5.41 Å². The van der Waals surface area contributed by atoms with Crippen molar-refractivity contribution < 1.29 is 18.6 Å². The van der Waals surface area contributed by atoms with Crippen molar-refractivity contribution in [3.8, 4) is 24.0 Å². The molecule has 2 saturated heterocycles. The second-order valence-electron chi connectivity index (χ2n) is 7.62. The Hall–Kier alpha value is -3.93. The Kier molecular flexibility index (Phi) is 4.47. The van der Waals surface area contributed by atoms with Crippen LogP contribution in [0.5, 0.6) is 5.75 Å². The van der Waals surface area contributed by atoms with Gasteiger partial charge in [0.05, 0.1) is 31.2 Å². The molecule has 2 aliphatic heterocycles. The first-order valence-corrected chi connectivity index (χ1v) is 9.41. The maximum atomic E-state index is 13.5. The molecule has 0 saturated carbocycles. The zero-order valence-electron chi connectivity index (χ0n) is 16.7. The summed E-state index contributed by atoms with van der Waals surface area (Å²) >= 11 is 0. The smallest absolute Gasteiger partial charge is 0.219 e. The fourth-order valence-electron chi connectivity index (χ4n) is 4.79. The van der Waals surface area contributed by atoms with E-state index in [0.29, 0.717) is 16.9 Å². The second kappa shape index (κ2) is 6.80. The lowest BCUT2D eigenvalue weighted by atomic mass is 9.52. The van der Waals surface area contributed by atoms with Crippen LogP contribution in [0.3, 0.4) is 0 Å². The quantitative estimate of drug-likeness (QED) is 0.808. The van der Waals surface area contributed by atoms with Crippen molar-refractivity contribution in [2.45, 2.75) is 24.7 Å². The molecule has 0 spiro atoms. The summed E-state index contributed by atoms with van der Waals surface area (Å²) < 4.78 is 31.0. The number of fused-ring (bicyclic) bond motifs is 2. The summed E-state index contributed by atoms with van der Waals surface area (Å²) in [6.07, 6.45) is -1.26. The number of nitrogens with one attached hydrogen (secondary N) is 1. The van der Waals surface area contributed by atoms with E-state index in [1.54, 1.807) is 31.2 Å². The van der Waals surface area contributed by atoms with Crippen molar-refractivity contribution >= 4 is 5.90 Å². The van der Waals surface area contributed by atoms with Gasteiger partial charge in [-0.2, -0.15) is 15.8 Å². The van der Waals surface area contributed by atoms with Gasteiger partial charge in [-0.05, 0) is 23.8 Å². The average molecular weight is 416 g/mol. The van der Waals surface area contributed by atoms with Crippen molar-refractivity contribution in [1.29, 1.82) is 21.2 Å². The molecule has 0 radical (unpaired) electrons. The van der Waals surface area contributed by atoms with E-state index in [0.717, 1.165) is 0 Å². The molecule has 154 valence electrons. The summed E-state index contributed by atoms with van der Waals surface area (Å²) in [5, 5.41) is 39.6. The maximum absolute atomic E-state index is 13.5. The Bertz CT molecular complexity index is 1180. The number of methoxy groups -OCH3 is 1. The molecular formula is C23H17FN4O3. The fourth-order valence-corrected chi connectivity index (χ4v) is 4.79. The first-order valence-electron chi connectivity index (χ1n) is 9.41. The van der Waals surface area contributed by atoms with Crippen molar-refractivity contribution in [2.24, 2.45) is 10.8 Å². The van der Waals surface area contributed by atoms with E-state index in [4.69, 9.17) is 19.6 Å². The van der Waals surface area contributed by atoms with Crippen molar-refractivity contribution in [2.75, 3.05) is 7.11 Å². The molecule has 4 unspecified atom stereocenters. The predicted molar refractivity (Wildman–Crippen MR) is 105 cm³/mol. The van der Waals surface area contributed by atoms with Crippen LogP contribution in [0.4, 0.5) is 4.39 Å². The SMILES string of the molecule is COc1ccccc1C1C2(C)OC(=N)C1(C#N)C(C#N)(C#N)C(c1ccc(F)cc1)O2. The van der Waals surface area contributed by atoms with Gasteiger partial charge in [0.25, 0.3) is 0 Å². The molecule has 8 heteroatoms. The predicted octanol–water partition coefficient (Wildman–Crippen LogP) is 3.96. The molecular weight excluding hydrogens is 399 g/mol. The monoisotopic (exact) mass is 416 g/mol. The van der Waals surface area contributed by atoms with Crippen LogP contribution >= 0.6 is 0 Å². The largest absolute Gasteiger partial charge is 0.496 e. The van der Waals surface area contributed by atoms with Gasteiger partial charge in [0.15, 0.2) is 5.41 Å². The molecule has 2 heterocycles. The highest BCUT2D eigenvalue weighted by molar-refractivity contribution is 5.90. The van der Waals surface area contributed by atoms with E-state index in [-0.39, 0.29) is 0 Å². The molecule has 2 aromatic carbocycles. The second-order valence-corrected chi connectivity index (χ2v) is 7.62. The third-order valence-electron chi connectivity index (χ3n) is 6.14. The molecule has 1 N–H and O–H groups in total. The standard InChI is InChI=1S/C23H17FN4O3/c1-21-18(16-5-3-4-6-17(16)29-2)23(13-27,20(28)31-21)22(11-25,12-26)19(30-21)14-7-9-15(24)10-8-14/h3-10,18-19,28H,1-2H3. The van der Waals surface area contributed by atoms with Crippen LogP contribution in [0, 0.1) is 56.0 Å². The molecule has 2 aromatic rings. The minimum atomic E-state index is -2.15. The normalized spacial score (nSPS) is 30.4. The van der Waals surface area contributed by atoms with Gasteiger partial charge >= 0.3 is 0 Å². The number of para-hydroxylation sites is 1. The van der Waals surface area contributed by atoms with Gasteiger partial charge in [-0.25, -0.2) is 4.39 Å². The number of hydrogen-bond acceptors (Lipinski definition) is 7. The van der Waals surface area contributed by atoms with Crippen LogP contribution in [-0.2, 0) is 9.47 Å². The summed E-state index contributed by atoms with van der Waals surface area (Å²) in [4.78, 5) is 0. The van der Waals surface area contributed by atoms with Crippen LogP contribution in [0.25, 0.3) is 0 Å². The number of nitriles is 3. The summed E-state index contributed by atoms with van der Waals surface area (Å²) in [5.41, 5.74) is -3.36. The topological polar surface area (TPSA) is 123 Å². The summed E-state index contributed by atoms with van der Waals surface area (Å²) in [5.74, 6) is -3.19. The van der Waals surface area contributed by atoms with Crippen molar-refractivity contribution in [1.82, 2.24) is 0 Å². The third kappa shape index (κ3) is 2.42. The molecule has 4 atom stereocenters. The van der Waals surface area contributed by atoms with Gasteiger partial charge in [0, 0.05) is 12.5 Å².